The van der Waals surface area contributed by atoms with E-state index >= 15 is 0 Å². The van der Waals surface area contributed by atoms with Gasteiger partial charge in [0, 0.05) is 37.7 Å². The van der Waals surface area contributed by atoms with Gasteiger partial charge in [0.05, 0.1) is 31.2 Å². The maximum atomic E-state index is 12.3. The largest absolute Gasteiger partial charge is 0.379 e. The van der Waals surface area contributed by atoms with E-state index in [9.17, 15) is 4.79 Å². The number of hydrogen-bond donors (Lipinski definition) is 1. The number of nitrogens with one attached hydrogen (secondary N) is 1. The first kappa shape index (κ1) is 16.2. The van der Waals surface area contributed by atoms with E-state index in [1.54, 1.807) is 6.07 Å². The zero-order valence-electron chi connectivity index (χ0n) is 14.0. The van der Waals surface area contributed by atoms with Crippen molar-refractivity contribution in [3.63, 3.8) is 0 Å². The Kier molecular flexibility index (Phi) is 4.71. The van der Waals surface area contributed by atoms with Crippen LogP contribution < -0.4 is 5.32 Å². The van der Waals surface area contributed by atoms with E-state index in [4.69, 9.17) is 9.26 Å². The van der Waals surface area contributed by atoms with Gasteiger partial charge < -0.3 is 14.6 Å². The molecule has 132 valence electrons. The molecule has 0 saturated carbocycles. The van der Waals surface area contributed by atoms with E-state index in [1.165, 1.54) is 12.4 Å². The van der Waals surface area contributed by atoms with Crippen LogP contribution in [0.2, 0.25) is 0 Å². The molecule has 1 fully saturated rings. The Morgan fingerprint density at radius 1 is 1.32 bits per heavy atom. The number of carbonyl (C=O) groups excluding carboxylic acids is 1. The average molecular weight is 343 g/mol. The molecule has 1 unspecified atom stereocenters. The van der Waals surface area contributed by atoms with Crippen LogP contribution in [0.5, 0.6) is 0 Å². The van der Waals surface area contributed by atoms with Gasteiger partial charge in [-0.25, -0.2) is 0 Å². The van der Waals surface area contributed by atoms with Gasteiger partial charge in [-0.15, -0.1) is 0 Å². The summed E-state index contributed by atoms with van der Waals surface area (Å²) >= 11 is 0. The number of fused-ring (bicyclic) bond motifs is 1. The van der Waals surface area contributed by atoms with Crippen molar-refractivity contribution in [2.75, 3.05) is 26.3 Å². The molecule has 2 aromatic rings. The summed E-state index contributed by atoms with van der Waals surface area (Å²) < 4.78 is 10.9. The summed E-state index contributed by atoms with van der Waals surface area (Å²) in [5, 5.41) is 14.8. The second-order valence-corrected chi connectivity index (χ2v) is 6.46. The third kappa shape index (κ3) is 3.69. The van der Waals surface area contributed by atoms with Crippen LogP contribution in [0.15, 0.2) is 23.0 Å². The highest BCUT2D eigenvalue weighted by molar-refractivity contribution is 5.93. The van der Waals surface area contributed by atoms with Crippen molar-refractivity contribution in [2.24, 2.45) is 0 Å². The number of aromatic nitrogens is 3. The van der Waals surface area contributed by atoms with Crippen molar-refractivity contribution in [2.45, 2.75) is 31.8 Å². The normalized spacial score (nSPS) is 20.9. The van der Waals surface area contributed by atoms with E-state index in [0.717, 1.165) is 69.1 Å². The number of rotatable bonds is 4. The molecule has 0 spiro atoms. The molecule has 8 heteroatoms. The van der Waals surface area contributed by atoms with Gasteiger partial charge in [0.1, 0.15) is 11.5 Å². The number of carbonyl (C=O) groups is 1. The van der Waals surface area contributed by atoms with Gasteiger partial charge >= 0.3 is 0 Å². The lowest BCUT2D eigenvalue weighted by molar-refractivity contribution is 0.0331. The number of nitrogens with zero attached hydrogens (tertiary/aromatic N) is 4. The third-order valence-electron chi connectivity index (χ3n) is 4.78. The molecule has 1 amide bonds. The van der Waals surface area contributed by atoms with E-state index in [1.807, 2.05) is 0 Å². The topological polar surface area (TPSA) is 93.4 Å². The second kappa shape index (κ2) is 7.28. The molecule has 25 heavy (non-hydrogen) atoms. The molecule has 1 atom stereocenters. The summed E-state index contributed by atoms with van der Waals surface area (Å²) in [6, 6.07) is 1.75. The van der Waals surface area contributed by atoms with E-state index in [0.29, 0.717) is 5.56 Å². The van der Waals surface area contributed by atoms with E-state index < -0.39 is 0 Å². The molecule has 0 aromatic carbocycles. The van der Waals surface area contributed by atoms with Gasteiger partial charge in [0.25, 0.3) is 5.91 Å². The maximum absolute atomic E-state index is 12.3. The minimum Gasteiger partial charge on any atom is -0.379 e. The summed E-state index contributed by atoms with van der Waals surface area (Å²) in [6.07, 6.45) is 5.40. The molecule has 2 aliphatic rings. The lowest BCUT2D eigenvalue weighted by Crippen LogP contribution is -2.39. The monoisotopic (exact) mass is 343 g/mol. The fourth-order valence-corrected chi connectivity index (χ4v) is 3.38. The molecular formula is C17H21N5O3. The first-order valence-corrected chi connectivity index (χ1v) is 8.63. The van der Waals surface area contributed by atoms with Crippen molar-refractivity contribution in [3.05, 3.63) is 41.0 Å². The highest BCUT2D eigenvalue weighted by atomic mass is 16.5. The van der Waals surface area contributed by atoms with Crippen LogP contribution in [-0.4, -0.2) is 58.5 Å². The number of aryl methyl sites for hydroxylation is 1. The predicted molar refractivity (Wildman–Crippen MR) is 87.9 cm³/mol. The van der Waals surface area contributed by atoms with Crippen LogP contribution >= 0.6 is 0 Å². The van der Waals surface area contributed by atoms with Gasteiger partial charge in [-0.1, -0.05) is 5.16 Å². The summed E-state index contributed by atoms with van der Waals surface area (Å²) in [7, 11) is 0. The molecule has 8 nitrogen and oxygen atoms in total. The SMILES string of the molecule is O=C(NC1CCc2onc(CN3CCOCC3)c2C1)c1ccnnc1. The van der Waals surface area contributed by atoms with Gasteiger partial charge in [-0.3, -0.25) is 9.69 Å². The zero-order chi connectivity index (χ0) is 17.1. The van der Waals surface area contributed by atoms with Crippen LogP contribution in [-0.2, 0) is 24.1 Å². The van der Waals surface area contributed by atoms with Crippen LogP contribution in [0.25, 0.3) is 0 Å². The van der Waals surface area contributed by atoms with Crippen LogP contribution in [0.3, 0.4) is 0 Å². The van der Waals surface area contributed by atoms with Crippen molar-refractivity contribution < 1.29 is 14.1 Å². The van der Waals surface area contributed by atoms with Crippen molar-refractivity contribution in [1.82, 2.24) is 25.6 Å². The first-order chi connectivity index (χ1) is 12.3. The Morgan fingerprint density at radius 2 is 2.20 bits per heavy atom. The Labute approximate surface area is 145 Å². The number of hydrogen-bond acceptors (Lipinski definition) is 7. The summed E-state index contributed by atoms with van der Waals surface area (Å²) in [5.74, 6) is 0.842. The van der Waals surface area contributed by atoms with Gasteiger partial charge in [-0.05, 0) is 18.9 Å². The lowest BCUT2D eigenvalue weighted by atomic mass is 9.91. The van der Waals surface area contributed by atoms with Gasteiger partial charge in [0.2, 0.25) is 0 Å². The standard InChI is InChI=1S/C17H21N5O3/c23-17(12-3-4-18-19-10-12)20-13-1-2-16-14(9-13)15(21-25-16)11-22-5-7-24-8-6-22/h3-4,10,13H,1-2,5-9,11H2,(H,20,23). The minimum atomic E-state index is -0.116. The molecule has 1 aliphatic heterocycles. The number of morpholine rings is 1. The van der Waals surface area contributed by atoms with Crippen molar-refractivity contribution >= 4 is 5.91 Å². The Hall–Kier alpha value is -2.32. The second-order valence-electron chi connectivity index (χ2n) is 6.46. The fraction of sp³-hybridized carbons (Fsp3) is 0.529. The lowest BCUT2D eigenvalue weighted by Gasteiger charge is -2.27. The van der Waals surface area contributed by atoms with E-state index in [2.05, 4.69) is 25.6 Å². The molecule has 1 N–H and O–H groups in total. The minimum absolute atomic E-state index is 0.0796. The van der Waals surface area contributed by atoms with Gasteiger partial charge in [0.15, 0.2) is 0 Å². The zero-order valence-corrected chi connectivity index (χ0v) is 14.0. The summed E-state index contributed by atoms with van der Waals surface area (Å²) in [5.41, 5.74) is 2.66. The van der Waals surface area contributed by atoms with Crippen molar-refractivity contribution in [3.8, 4) is 0 Å². The molecule has 4 rings (SSSR count). The third-order valence-corrected chi connectivity index (χ3v) is 4.78. The van der Waals surface area contributed by atoms with E-state index in [-0.39, 0.29) is 11.9 Å². The molecule has 1 saturated heterocycles. The van der Waals surface area contributed by atoms with Crippen LogP contribution in [0, 0.1) is 0 Å². The average Bonchev–Trinajstić information content (AvgIpc) is 3.05. The quantitative estimate of drug-likeness (QED) is 0.868. The predicted octanol–water partition coefficient (Wildman–Crippen LogP) is 0.584. The highest BCUT2D eigenvalue weighted by Gasteiger charge is 2.28. The van der Waals surface area contributed by atoms with Crippen LogP contribution in [0.4, 0.5) is 0 Å². The molecular weight excluding hydrogens is 322 g/mol. The Balaban J connectivity index is 1.41. The smallest absolute Gasteiger partial charge is 0.253 e. The molecule has 1 aliphatic carbocycles. The number of amides is 1. The maximum Gasteiger partial charge on any atom is 0.253 e. The molecule has 0 radical (unpaired) electrons. The van der Waals surface area contributed by atoms with Crippen LogP contribution in [0.1, 0.15) is 33.8 Å². The summed E-state index contributed by atoms with van der Waals surface area (Å²) in [6.45, 7) is 4.13. The molecule has 3 heterocycles. The number of ether oxygens (including phenoxy) is 1. The molecule has 2 aromatic heterocycles. The molecule has 0 bridgehead atoms. The van der Waals surface area contributed by atoms with Crippen molar-refractivity contribution in [1.29, 1.82) is 0 Å². The first-order valence-electron chi connectivity index (χ1n) is 8.63. The van der Waals surface area contributed by atoms with Gasteiger partial charge in [-0.2, -0.15) is 10.2 Å². The Morgan fingerprint density at radius 3 is 3.00 bits per heavy atom. The fourth-order valence-electron chi connectivity index (χ4n) is 3.38. The Bertz CT molecular complexity index is 727. The summed E-state index contributed by atoms with van der Waals surface area (Å²) in [4.78, 5) is 14.7. The highest BCUT2D eigenvalue weighted by Crippen LogP contribution is 2.26.